The van der Waals surface area contributed by atoms with E-state index in [2.05, 4.69) is 10.6 Å². The Balaban J connectivity index is 1.76. The Hall–Kier alpha value is -2.38. The van der Waals surface area contributed by atoms with Gasteiger partial charge in [0, 0.05) is 33.7 Å². The molecule has 6 nitrogen and oxygen atoms in total. The summed E-state index contributed by atoms with van der Waals surface area (Å²) >= 11 is 0. The van der Waals surface area contributed by atoms with Crippen LogP contribution in [0.5, 0.6) is 0 Å². The fourth-order valence-electron chi connectivity index (χ4n) is 2.62. The predicted molar refractivity (Wildman–Crippen MR) is 86.8 cm³/mol. The van der Waals surface area contributed by atoms with Crippen LogP contribution >= 0.6 is 0 Å². The van der Waals surface area contributed by atoms with Gasteiger partial charge in [-0.25, -0.2) is 18.4 Å². The van der Waals surface area contributed by atoms with E-state index in [1.807, 2.05) is 0 Å². The second kappa shape index (κ2) is 7.94. The van der Waals surface area contributed by atoms with Crippen molar-refractivity contribution in [2.45, 2.75) is 12.8 Å². The van der Waals surface area contributed by atoms with Crippen LogP contribution in [-0.2, 0) is 0 Å². The second-order valence-corrected chi connectivity index (χ2v) is 6.04. The first-order valence-corrected chi connectivity index (χ1v) is 7.83. The number of piperidine rings is 1. The Labute approximate surface area is 139 Å². The van der Waals surface area contributed by atoms with Crippen LogP contribution in [0.15, 0.2) is 18.2 Å². The fourth-order valence-corrected chi connectivity index (χ4v) is 2.62. The molecule has 0 aliphatic carbocycles. The number of halogens is 2. The van der Waals surface area contributed by atoms with E-state index in [0.29, 0.717) is 19.6 Å². The van der Waals surface area contributed by atoms with E-state index in [-0.39, 0.29) is 11.9 Å². The molecule has 0 aromatic heterocycles. The van der Waals surface area contributed by atoms with Crippen molar-refractivity contribution in [2.24, 2.45) is 5.92 Å². The summed E-state index contributed by atoms with van der Waals surface area (Å²) in [6, 6.07) is 2.73. The molecular formula is C16H22F2N4O2. The molecular weight excluding hydrogens is 318 g/mol. The number of likely N-dealkylation sites (tertiary alicyclic amines) is 1. The van der Waals surface area contributed by atoms with Gasteiger partial charge in [-0.2, -0.15) is 0 Å². The molecule has 0 radical (unpaired) electrons. The van der Waals surface area contributed by atoms with E-state index in [4.69, 9.17) is 0 Å². The maximum Gasteiger partial charge on any atom is 0.319 e. The number of anilines is 1. The van der Waals surface area contributed by atoms with E-state index in [1.54, 1.807) is 19.0 Å². The number of hydrogen-bond acceptors (Lipinski definition) is 2. The first-order valence-electron chi connectivity index (χ1n) is 7.83. The van der Waals surface area contributed by atoms with Crippen LogP contribution in [-0.4, -0.2) is 55.6 Å². The fraction of sp³-hybridized carbons (Fsp3) is 0.500. The summed E-state index contributed by atoms with van der Waals surface area (Å²) in [5.74, 6) is -1.41. The molecule has 24 heavy (non-hydrogen) atoms. The van der Waals surface area contributed by atoms with Crippen molar-refractivity contribution in [3.05, 3.63) is 29.8 Å². The molecule has 1 aromatic rings. The number of nitrogens with zero attached hydrogens (tertiary/aromatic N) is 2. The molecule has 0 saturated carbocycles. The largest absolute Gasteiger partial charge is 0.338 e. The molecule has 0 unspecified atom stereocenters. The number of carbonyl (C=O) groups excluding carboxylic acids is 2. The zero-order chi connectivity index (χ0) is 17.7. The second-order valence-electron chi connectivity index (χ2n) is 6.04. The number of nitrogens with one attached hydrogen (secondary N) is 2. The molecule has 132 valence electrons. The summed E-state index contributed by atoms with van der Waals surface area (Å²) in [7, 11) is 3.42. The van der Waals surface area contributed by atoms with Crippen LogP contribution < -0.4 is 10.6 Å². The highest BCUT2D eigenvalue weighted by Crippen LogP contribution is 2.19. The predicted octanol–water partition coefficient (Wildman–Crippen LogP) is 2.48. The van der Waals surface area contributed by atoms with E-state index in [0.717, 1.165) is 25.0 Å². The number of carbonyl (C=O) groups is 2. The average Bonchev–Trinajstić information content (AvgIpc) is 2.56. The third-order valence-electron chi connectivity index (χ3n) is 4.02. The molecule has 4 amide bonds. The highest BCUT2D eigenvalue weighted by atomic mass is 19.1. The van der Waals surface area contributed by atoms with Gasteiger partial charge >= 0.3 is 12.1 Å². The van der Waals surface area contributed by atoms with Crippen LogP contribution in [0.1, 0.15) is 12.8 Å². The molecule has 8 heteroatoms. The zero-order valence-electron chi connectivity index (χ0n) is 13.8. The summed E-state index contributed by atoms with van der Waals surface area (Å²) in [6.45, 7) is 1.66. The zero-order valence-corrected chi connectivity index (χ0v) is 13.8. The number of amides is 4. The van der Waals surface area contributed by atoms with Gasteiger partial charge in [-0.3, -0.25) is 0 Å². The molecule has 0 bridgehead atoms. The van der Waals surface area contributed by atoms with Crippen molar-refractivity contribution in [3.63, 3.8) is 0 Å². The third-order valence-corrected chi connectivity index (χ3v) is 4.02. The van der Waals surface area contributed by atoms with Crippen molar-refractivity contribution in [1.29, 1.82) is 0 Å². The minimum Gasteiger partial charge on any atom is -0.338 e. The topological polar surface area (TPSA) is 64.7 Å². The number of para-hydroxylation sites is 1. The summed E-state index contributed by atoms with van der Waals surface area (Å²) in [6.07, 6.45) is 1.54. The Morgan fingerprint density at radius 1 is 1.21 bits per heavy atom. The Kier molecular flexibility index (Phi) is 5.94. The SMILES string of the molecule is CN(C)C(=O)N1CCC(CNC(=O)Nc2c(F)cccc2F)CC1. The molecule has 1 saturated heterocycles. The van der Waals surface area contributed by atoms with Gasteiger partial charge in [0.25, 0.3) is 0 Å². The first-order chi connectivity index (χ1) is 11.4. The summed E-state index contributed by atoms with van der Waals surface area (Å²) < 4.78 is 26.9. The van der Waals surface area contributed by atoms with Crippen LogP contribution in [0.3, 0.4) is 0 Å². The number of benzene rings is 1. The molecule has 2 N–H and O–H groups in total. The van der Waals surface area contributed by atoms with Crippen molar-refractivity contribution in [1.82, 2.24) is 15.1 Å². The number of rotatable bonds is 3. The Bertz CT molecular complexity index is 581. The highest BCUT2D eigenvalue weighted by Gasteiger charge is 2.24. The molecule has 0 atom stereocenters. The van der Waals surface area contributed by atoms with Crippen LogP contribution in [0.25, 0.3) is 0 Å². The van der Waals surface area contributed by atoms with E-state index < -0.39 is 23.4 Å². The monoisotopic (exact) mass is 340 g/mol. The first kappa shape index (κ1) is 18.0. The highest BCUT2D eigenvalue weighted by molar-refractivity contribution is 5.89. The lowest BCUT2D eigenvalue weighted by molar-refractivity contribution is 0.147. The Morgan fingerprint density at radius 3 is 2.33 bits per heavy atom. The number of hydrogen-bond donors (Lipinski definition) is 2. The van der Waals surface area contributed by atoms with Crippen molar-refractivity contribution >= 4 is 17.7 Å². The lowest BCUT2D eigenvalue weighted by atomic mass is 9.97. The third kappa shape index (κ3) is 4.56. The standard InChI is InChI=1S/C16H22F2N4O2/c1-21(2)16(24)22-8-6-11(7-9-22)10-19-15(23)20-14-12(17)4-3-5-13(14)18/h3-5,11H,6-10H2,1-2H3,(H2,19,20,23). The van der Waals surface area contributed by atoms with Crippen molar-refractivity contribution in [3.8, 4) is 0 Å². The smallest absolute Gasteiger partial charge is 0.319 e. The van der Waals surface area contributed by atoms with Gasteiger partial charge in [0.15, 0.2) is 0 Å². The molecule has 1 heterocycles. The quantitative estimate of drug-likeness (QED) is 0.888. The summed E-state index contributed by atoms with van der Waals surface area (Å²) in [5.41, 5.74) is -0.457. The molecule has 1 aromatic carbocycles. The summed E-state index contributed by atoms with van der Waals surface area (Å²) in [4.78, 5) is 26.9. The Morgan fingerprint density at radius 2 is 1.79 bits per heavy atom. The van der Waals surface area contributed by atoms with Crippen LogP contribution in [0, 0.1) is 17.6 Å². The molecule has 1 fully saturated rings. The van der Waals surface area contributed by atoms with Gasteiger partial charge < -0.3 is 20.4 Å². The lowest BCUT2D eigenvalue weighted by Crippen LogP contribution is -2.45. The molecule has 1 aliphatic rings. The van der Waals surface area contributed by atoms with Gasteiger partial charge in [0.2, 0.25) is 0 Å². The van der Waals surface area contributed by atoms with E-state index in [1.165, 1.54) is 11.0 Å². The van der Waals surface area contributed by atoms with Gasteiger partial charge in [0.1, 0.15) is 17.3 Å². The molecule has 1 aliphatic heterocycles. The van der Waals surface area contributed by atoms with Gasteiger partial charge in [-0.1, -0.05) is 6.07 Å². The summed E-state index contributed by atoms with van der Waals surface area (Å²) in [5, 5.41) is 4.81. The minimum atomic E-state index is -0.819. The van der Waals surface area contributed by atoms with Gasteiger partial charge in [-0.15, -0.1) is 0 Å². The average molecular weight is 340 g/mol. The number of urea groups is 2. The van der Waals surface area contributed by atoms with E-state index >= 15 is 0 Å². The lowest BCUT2D eigenvalue weighted by Gasteiger charge is -2.33. The molecule has 0 spiro atoms. The maximum atomic E-state index is 13.5. The minimum absolute atomic E-state index is 0.0193. The van der Waals surface area contributed by atoms with Gasteiger partial charge in [-0.05, 0) is 30.9 Å². The maximum absolute atomic E-state index is 13.5. The van der Waals surface area contributed by atoms with Crippen molar-refractivity contribution < 1.29 is 18.4 Å². The van der Waals surface area contributed by atoms with Gasteiger partial charge in [0.05, 0.1) is 0 Å². The van der Waals surface area contributed by atoms with E-state index in [9.17, 15) is 18.4 Å². The molecule has 2 rings (SSSR count). The van der Waals surface area contributed by atoms with Crippen LogP contribution in [0.4, 0.5) is 24.1 Å². The van der Waals surface area contributed by atoms with Crippen LogP contribution in [0.2, 0.25) is 0 Å². The van der Waals surface area contributed by atoms with Crippen molar-refractivity contribution in [2.75, 3.05) is 39.0 Å². The normalized spacial score (nSPS) is 15.1.